The molecule has 0 aromatic rings. The molecule has 0 bridgehead atoms. The molecule has 0 aromatic carbocycles. The smallest absolute Gasteiger partial charge is 0.328 e. The van der Waals surface area contributed by atoms with Crippen LogP contribution in [0.5, 0.6) is 0 Å². The topological polar surface area (TPSA) is 87.7 Å². The predicted molar refractivity (Wildman–Crippen MR) is 100 cm³/mol. The molecule has 1 rings (SSSR count). The molecule has 1 atom stereocenters. The highest BCUT2D eigenvalue weighted by molar-refractivity contribution is 5.82. The van der Waals surface area contributed by atoms with E-state index in [0.29, 0.717) is 12.5 Å². The molecule has 138 valence electrons. The fraction of sp³-hybridized carbons (Fsp3) is 0.789. The van der Waals surface area contributed by atoms with Crippen LogP contribution in [0.1, 0.15) is 84.0 Å². The summed E-state index contributed by atoms with van der Waals surface area (Å²) in [7, 11) is 0. The van der Waals surface area contributed by atoms with E-state index < -0.39 is 5.97 Å². The number of nitrogens with two attached hydrogens (primary N) is 1. The van der Waals surface area contributed by atoms with Gasteiger partial charge in [-0.3, -0.25) is 4.99 Å². The number of nitrogens with zero attached hydrogens (tertiary/aromatic N) is 1. The zero-order valence-electron chi connectivity index (χ0n) is 15.2. The third-order valence-electron chi connectivity index (χ3n) is 4.60. The lowest BCUT2D eigenvalue weighted by atomic mass is 9.96. The van der Waals surface area contributed by atoms with Crippen molar-refractivity contribution in [2.75, 3.05) is 6.54 Å². The van der Waals surface area contributed by atoms with Crippen molar-refractivity contribution in [1.82, 2.24) is 5.32 Å². The summed E-state index contributed by atoms with van der Waals surface area (Å²) in [5.74, 6) is -0.453. The second-order valence-corrected chi connectivity index (χ2v) is 6.74. The SMILES string of the molecule is CCCCCCCCCCCC/C(=C/C(=O)O)[C@H]1CCN=C(N)N1. The molecule has 1 aliphatic heterocycles. The number of hydrogen-bond donors (Lipinski definition) is 3. The summed E-state index contributed by atoms with van der Waals surface area (Å²) in [6.45, 7) is 2.91. The summed E-state index contributed by atoms with van der Waals surface area (Å²) in [5, 5.41) is 12.2. The van der Waals surface area contributed by atoms with Gasteiger partial charge in [0.25, 0.3) is 0 Å². The fourth-order valence-corrected chi connectivity index (χ4v) is 3.21. The third-order valence-corrected chi connectivity index (χ3v) is 4.60. The number of rotatable bonds is 13. The van der Waals surface area contributed by atoms with Crippen LogP contribution in [0.2, 0.25) is 0 Å². The van der Waals surface area contributed by atoms with Crippen molar-refractivity contribution in [2.24, 2.45) is 10.7 Å². The van der Waals surface area contributed by atoms with Crippen LogP contribution in [0.3, 0.4) is 0 Å². The quantitative estimate of drug-likeness (QED) is 0.350. The van der Waals surface area contributed by atoms with Gasteiger partial charge in [-0.25, -0.2) is 4.79 Å². The third kappa shape index (κ3) is 9.58. The number of carbonyl (C=O) groups is 1. The molecule has 4 N–H and O–H groups in total. The maximum atomic E-state index is 11.1. The molecule has 5 heteroatoms. The van der Waals surface area contributed by atoms with Crippen molar-refractivity contribution in [3.05, 3.63) is 11.6 Å². The lowest BCUT2D eigenvalue weighted by Gasteiger charge is -2.25. The highest BCUT2D eigenvalue weighted by Crippen LogP contribution is 2.18. The summed E-state index contributed by atoms with van der Waals surface area (Å²) in [4.78, 5) is 15.2. The van der Waals surface area contributed by atoms with Gasteiger partial charge in [-0.15, -0.1) is 0 Å². The molecule has 0 amide bonds. The van der Waals surface area contributed by atoms with Crippen molar-refractivity contribution in [1.29, 1.82) is 0 Å². The van der Waals surface area contributed by atoms with Gasteiger partial charge >= 0.3 is 5.97 Å². The molecule has 0 saturated heterocycles. The van der Waals surface area contributed by atoms with Crippen LogP contribution in [0.15, 0.2) is 16.6 Å². The zero-order chi connectivity index (χ0) is 17.6. The van der Waals surface area contributed by atoms with Crippen LogP contribution in [0.4, 0.5) is 0 Å². The molecule has 0 unspecified atom stereocenters. The minimum Gasteiger partial charge on any atom is -0.478 e. The number of carboxylic acids is 1. The summed E-state index contributed by atoms with van der Waals surface area (Å²) in [6, 6.07) is 0.0252. The number of guanidine groups is 1. The number of aliphatic imine (C=N–C) groups is 1. The highest BCUT2D eigenvalue weighted by Gasteiger charge is 2.18. The maximum Gasteiger partial charge on any atom is 0.328 e. The van der Waals surface area contributed by atoms with Gasteiger partial charge < -0.3 is 16.2 Å². The van der Waals surface area contributed by atoms with Crippen LogP contribution in [0.25, 0.3) is 0 Å². The van der Waals surface area contributed by atoms with E-state index in [-0.39, 0.29) is 6.04 Å². The van der Waals surface area contributed by atoms with E-state index in [2.05, 4.69) is 17.2 Å². The largest absolute Gasteiger partial charge is 0.478 e. The minimum atomic E-state index is -0.875. The Morgan fingerprint density at radius 3 is 2.29 bits per heavy atom. The minimum absolute atomic E-state index is 0.0252. The molecular formula is C19H35N3O2. The van der Waals surface area contributed by atoms with Crippen LogP contribution in [-0.2, 0) is 4.79 Å². The molecule has 0 fully saturated rings. The Morgan fingerprint density at radius 2 is 1.75 bits per heavy atom. The molecule has 24 heavy (non-hydrogen) atoms. The fourth-order valence-electron chi connectivity index (χ4n) is 3.21. The second-order valence-electron chi connectivity index (χ2n) is 6.74. The summed E-state index contributed by atoms with van der Waals surface area (Å²) >= 11 is 0. The average Bonchev–Trinajstić information content (AvgIpc) is 2.55. The van der Waals surface area contributed by atoms with Crippen LogP contribution in [-0.4, -0.2) is 29.6 Å². The van der Waals surface area contributed by atoms with E-state index >= 15 is 0 Å². The Bertz CT molecular complexity index is 419. The van der Waals surface area contributed by atoms with Gasteiger partial charge in [0.05, 0.1) is 6.04 Å². The first-order valence-electron chi connectivity index (χ1n) is 9.63. The van der Waals surface area contributed by atoms with Crippen molar-refractivity contribution < 1.29 is 9.90 Å². The predicted octanol–water partition coefficient (Wildman–Crippen LogP) is 3.99. The second kappa shape index (κ2) is 12.8. The van der Waals surface area contributed by atoms with E-state index in [4.69, 9.17) is 10.8 Å². The molecule has 1 aliphatic rings. The molecule has 0 spiro atoms. The number of aliphatic carboxylic acids is 1. The molecule has 1 heterocycles. The first-order chi connectivity index (χ1) is 11.6. The van der Waals surface area contributed by atoms with Gasteiger partial charge in [0.1, 0.15) is 0 Å². The van der Waals surface area contributed by atoms with Gasteiger partial charge in [-0.2, -0.15) is 0 Å². The van der Waals surface area contributed by atoms with E-state index in [0.717, 1.165) is 24.8 Å². The lowest BCUT2D eigenvalue weighted by molar-refractivity contribution is -0.131. The molecule has 0 saturated carbocycles. The number of carboxylic acid groups (broad SMARTS) is 1. The Balaban J connectivity index is 2.17. The summed E-state index contributed by atoms with van der Waals surface area (Å²) < 4.78 is 0. The molecule has 0 radical (unpaired) electrons. The Kier molecular flexibility index (Phi) is 11.0. The molecule has 0 aliphatic carbocycles. The monoisotopic (exact) mass is 337 g/mol. The van der Waals surface area contributed by atoms with Gasteiger partial charge in [-0.05, 0) is 24.8 Å². The standard InChI is InChI=1S/C19H35N3O2/c1-2-3-4-5-6-7-8-9-10-11-12-16(15-18(23)24)17-13-14-21-19(20)22-17/h15,17H,2-14H2,1H3,(H,23,24)(H3,20,21,22)/b16-15-/t17-/m1/s1. The molecule has 5 nitrogen and oxygen atoms in total. The Morgan fingerprint density at radius 1 is 1.17 bits per heavy atom. The average molecular weight is 338 g/mol. The molecule has 0 aromatic heterocycles. The van der Waals surface area contributed by atoms with Crippen LogP contribution >= 0.6 is 0 Å². The van der Waals surface area contributed by atoms with E-state index in [1.165, 1.54) is 63.9 Å². The number of hydrogen-bond acceptors (Lipinski definition) is 4. The van der Waals surface area contributed by atoms with Crippen LogP contribution < -0.4 is 11.1 Å². The van der Waals surface area contributed by atoms with E-state index in [1.807, 2.05) is 0 Å². The molecular weight excluding hydrogens is 302 g/mol. The van der Waals surface area contributed by atoms with Crippen molar-refractivity contribution in [2.45, 2.75) is 90.0 Å². The van der Waals surface area contributed by atoms with Crippen molar-refractivity contribution in [3.63, 3.8) is 0 Å². The van der Waals surface area contributed by atoms with Gasteiger partial charge in [0, 0.05) is 12.6 Å². The van der Waals surface area contributed by atoms with Crippen molar-refractivity contribution >= 4 is 11.9 Å². The Labute approximate surface area is 146 Å². The lowest BCUT2D eigenvalue weighted by Crippen LogP contribution is -2.44. The van der Waals surface area contributed by atoms with Crippen molar-refractivity contribution in [3.8, 4) is 0 Å². The van der Waals surface area contributed by atoms with E-state index in [9.17, 15) is 4.79 Å². The number of nitrogens with one attached hydrogen (secondary N) is 1. The first kappa shape index (κ1) is 20.5. The van der Waals surface area contributed by atoms with Gasteiger partial charge in [-0.1, -0.05) is 64.7 Å². The normalized spacial score (nSPS) is 18.1. The zero-order valence-corrected chi connectivity index (χ0v) is 15.2. The van der Waals surface area contributed by atoms with E-state index in [1.54, 1.807) is 0 Å². The summed E-state index contributed by atoms with van der Waals surface area (Å²) in [6.07, 6.45) is 15.9. The summed E-state index contributed by atoms with van der Waals surface area (Å²) in [5.41, 5.74) is 6.66. The highest BCUT2D eigenvalue weighted by atomic mass is 16.4. The first-order valence-corrected chi connectivity index (χ1v) is 9.63. The Hall–Kier alpha value is -1.52. The van der Waals surface area contributed by atoms with Crippen LogP contribution in [0, 0.1) is 0 Å². The van der Waals surface area contributed by atoms with Gasteiger partial charge in [0.15, 0.2) is 5.96 Å². The van der Waals surface area contributed by atoms with Gasteiger partial charge in [0.2, 0.25) is 0 Å². The number of unbranched alkanes of at least 4 members (excludes halogenated alkanes) is 9. The maximum absolute atomic E-state index is 11.1.